The summed E-state index contributed by atoms with van der Waals surface area (Å²) in [6, 6.07) is 9.85. The van der Waals surface area contributed by atoms with Crippen LogP contribution in [0.25, 0.3) is 0 Å². The standard InChI is InChI=1S/C17H20N2O.C4H9NO/c1-2-13-8-10-15(11-9-13)19-17(20)16(12-18)14-6-4-3-5-7-14;1-3-6-4-2-5-1/h8-11H,2-7H2,1H3,(H,19,20);5H,1-4H2. The molecule has 0 aromatic heterocycles. The number of allylic oxidation sites excluding steroid dienone is 1. The molecule has 0 atom stereocenters. The molecule has 1 heterocycles. The second kappa shape index (κ2) is 11.5. The number of carbonyl (C=O) groups excluding carboxylic acids is 1. The monoisotopic (exact) mass is 355 g/mol. The Morgan fingerprint density at radius 3 is 2.27 bits per heavy atom. The molecule has 0 unspecified atom stereocenters. The molecule has 0 bridgehead atoms. The third kappa shape index (κ3) is 6.62. The van der Waals surface area contributed by atoms with Crippen LogP contribution in [0.4, 0.5) is 5.69 Å². The number of carbonyl (C=O) groups is 1. The normalized spacial score (nSPS) is 16.7. The highest BCUT2D eigenvalue weighted by molar-refractivity contribution is 6.07. The van der Waals surface area contributed by atoms with Crippen molar-refractivity contribution in [1.29, 1.82) is 5.26 Å². The second-order valence-corrected chi connectivity index (χ2v) is 6.52. The highest BCUT2D eigenvalue weighted by atomic mass is 16.5. The number of amides is 1. The maximum absolute atomic E-state index is 12.2. The van der Waals surface area contributed by atoms with E-state index in [9.17, 15) is 10.1 Å². The fraction of sp³-hybridized carbons (Fsp3) is 0.524. The topological polar surface area (TPSA) is 74.2 Å². The summed E-state index contributed by atoms with van der Waals surface area (Å²) in [5, 5.41) is 15.2. The summed E-state index contributed by atoms with van der Waals surface area (Å²) >= 11 is 0. The zero-order chi connectivity index (χ0) is 18.6. The lowest BCUT2D eigenvalue weighted by atomic mass is 9.91. The summed E-state index contributed by atoms with van der Waals surface area (Å²) in [5.74, 6) is -0.270. The molecule has 1 saturated heterocycles. The molecular formula is C21H29N3O2. The third-order valence-electron chi connectivity index (χ3n) is 4.62. The molecule has 5 nitrogen and oxygen atoms in total. The lowest BCUT2D eigenvalue weighted by Crippen LogP contribution is -2.30. The molecular weight excluding hydrogens is 326 g/mol. The van der Waals surface area contributed by atoms with E-state index in [0.29, 0.717) is 5.57 Å². The van der Waals surface area contributed by atoms with E-state index in [1.165, 1.54) is 12.0 Å². The number of nitrogens with zero attached hydrogens (tertiary/aromatic N) is 1. The fourth-order valence-electron chi connectivity index (χ4n) is 3.05. The maximum Gasteiger partial charge on any atom is 0.266 e. The van der Waals surface area contributed by atoms with Crippen molar-refractivity contribution < 1.29 is 9.53 Å². The molecule has 1 aliphatic heterocycles. The molecule has 1 saturated carbocycles. The number of hydrogen-bond acceptors (Lipinski definition) is 4. The van der Waals surface area contributed by atoms with Crippen molar-refractivity contribution >= 4 is 11.6 Å². The van der Waals surface area contributed by atoms with Crippen LogP contribution < -0.4 is 10.6 Å². The van der Waals surface area contributed by atoms with Gasteiger partial charge in [-0.1, -0.05) is 25.5 Å². The van der Waals surface area contributed by atoms with E-state index in [4.69, 9.17) is 4.74 Å². The van der Waals surface area contributed by atoms with Gasteiger partial charge in [0.1, 0.15) is 11.6 Å². The van der Waals surface area contributed by atoms with Crippen LogP contribution in [0.3, 0.4) is 0 Å². The number of morpholine rings is 1. The number of nitriles is 1. The highest BCUT2D eigenvalue weighted by Gasteiger charge is 2.17. The first kappa shape index (κ1) is 20.2. The zero-order valence-electron chi connectivity index (χ0n) is 15.6. The number of benzene rings is 1. The van der Waals surface area contributed by atoms with Crippen molar-refractivity contribution in [3.8, 4) is 6.07 Å². The first-order chi connectivity index (χ1) is 12.7. The number of nitrogens with one attached hydrogen (secondary N) is 2. The Morgan fingerprint density at radius 1 is 1.15 bits per heavy atom. The molecule has 1 amide bonds. The van der Waals surface area contributed by atoms with Gasteiger partial charge in [0, 0.05) is 18.8 Å². The molecule has 2 aliphatic rings. The Hall–Kier alpha value is -2.16. The van der Waals surface area contributed by atoms with Gasteiger partial charge in [-0.25, -0.2) is 0 Å². The number of ether oxygens (including phenoxy) is 1. The van der Waals surface area contributed by atoms with E-state index in [2.05, 4.69) is 23.6 Å². The average Bonchev–Trinajstić information content (AvgIpc) is 2.72. The van der Waals surface area contributed by atoms with Crippen LogP contribution >= 0.6 is 0 Å². The Morgan fingerprint density at radius 2 is 1.81 bits per heavy atom. The zero-order valence-corrected chi connectivity index (χ0v) is 15.6. The van der Waals surface area contributed by atoms with Crippen LogP contribution in [0.2, 0.25) is 0 Å². The summed E-state index contributed by atoms with van der Waals surface area (Å²) in [5.41, 5.74) is 3.30. The maximum atomic E-state index is 12.2. The number of anilines is 1. The molecule has 1 aliphatic carbocycles. The van der Waals surface area contributed by atoms with E-state index in [1.54, 1.807) is 0 Å². The Labute approximate surface area is 156 Å². The van der Waals surface area contributed by atoms with Crippen molar-refractivity contribution in [1.82, 2.24) is 5.32 Å². The molecule has 26 heavy (non-hydrogen) atoms. The number of rotatable bonds is 3. The second-order valence-electron chi connectivity index (χ2n) is 6.52. The van der Waals surface area contributed by atoms with Gasteiger partial charge in [0.2, 0.25) is 0 Å². The smallest absolute Gasteiger partial charge is 0.266 e. The molecule has 3 rings (SSSR count). The molecule has 5 heteroatoms. The first-order valence-corrected chi connectivity index (χ1v) is 9.55. The van der Waals surface area contributed by atoms with Crippen molar-refractivity contribution in [3.05, 3.63) is 41.0 Å². The lowest BCUT2D eigenvalue weighted by Gasteiger charge is -2.15. The highest BCUT2D eigenvalue weighted by Crippen LogP contribution is 2.26. The van der Waals surface area contributed by atoms with Crippen LogP contribution in [-0.2, 0) is 16.0 Å². The fourth-order valence-corrected chi connectivity index (χ4v) is 3.05. The van der Waals surface area contributed by atoms with Gasteiger partial charge < -0.3 is 15.4 Å². The van der Waals surface area contributed by atoms with Crippen LogP contribution in [0.15, 0.2) is 35.4 Å². The van der Waals surface area contributed by atoms with Gasteiger partial charge >= 0.3 is 0 Å². The number of aryl methyl sites for hydroxylation is 1. The third-order valence-corrected chi connectivity index (χ3v) is 4.62. The minimum Gasteiger partial charge on any atom is -0.379 e. The largest absolute Gasteiger partial charge is 0.379 e. The van der Waals surface area contributed by atoms with E-state index in [1.807, 2.05) is 24.3 Å². The molecule has 2 N–H and O–H groups in total. The van der Waals surface area contributed by atoms with Gasteiger partial charge in [-0.05, 0) is 55.4 Å². The molecule has 140 valence electrons. The van der Waals surface area contributed by atoms with Crippen LogP contribution in [-0.4, -0.2) is 32.2 Å². The minimum atomic E-state index is -0.270. The summed E-state index contributed by atoms with van der Waals surface area (Å²) in [7, 11) is 0. The predicted molar refractivity (Wildman–Crippen MR) is 104 cm³/mol. The van der Waals surface area contributed by atoms with Gasteiger partial charge in [0.15, 0.2) is 0 Å². The van der Waals surface area contributed by atoms with Crippen molar-refractivity contribution in [2.45, 2.75) is 45.4 Å². The van der Waals surface area contributed by atoms with Gasteiger partial charge in [-0.2, -0.15) is 5.26 Å². The summed E-state index contributed by atoms with van der Waals surface area (Å²) in [4.78, 5) is 12.2. The molecule has 1 aromatic carbocycles. The summed E-state index contributed by atoms with van der Waals surface area (Å²) < 4.78 is 5.01. The quantitative estimate of drug-likeness (QED) is 0.642. The average molecular weight is 355 g/mol. The Balaban J connectivity index is 0.000000342. The van der Waals surface area contributed by atoms with Crippen molar-refractivity contribution in [2.24, 2.45) is 0 Å². The molecule has 0 radical (unpaired) electrons. The number of hydrogen-bond donors (Lipinski definition) is 2. The first-order valence-electron chi connectivity index (χ1n) is 9.55. The van der Waals surface area contributed by atoms with Crippen LogP contribution in [0.1, 0.15) is 44.6 Å². The van der Waals surface area contributed by atoms with Gasteiger partial charge in [-0.3, -0.25) is 4.79 Å². The van der Waals surface area contributed by atoms with E-state index < -0.39 is 0 Å². The van der Waals surface area contributed by atoms with Gasteiger partial charge in [-0.15, -0.1) is 0 Å². The van der Waals surface area contributed by atoms with Gasteiger partial charge in [0.25, 0.3) is 5.91 Å². The van der Waals surface area contributed by atoms with E-state index >= 15 is 0 Å². The molecule has 1 aromatic rings. The Bertz CT molecular complexity index is 621. The van der Waals surface area contributed by atoms with Crippen LogP contribution in [0.5, 0.6) is 0 Å². The minimum absolute atomic E-state index is 0.270. The SMILES string of the molecule is C1COCCN1.CCc1ccc(NC(=O)C(C#N)=C2CCCCC2)cc1. The van der Waals surface area contributed by atoms with Gasteiger partial charge in [0.05, 0.1) is 13.2 Å². The van der Waals surface area contributed by atoms with E-state index in [0.717, 1.165) is 69.7 Å². The van der Waals surface area contributed by atoms with Crippen molar-refractivity contribution in [3.63, 3.8) is 0 Å². The molecule has 2 fully saturated rings. The van der Waals surface area contributed by atoms with Crippen LogP contribution in [0, 0.1) is 11.3 Å². The predicted octanol–water partition coefficient (Wildman–Crippen LogP) is 3.58. The van der Waals surface area contributed by atoms with E-state index in [-0.39, 0.29) is 5.91 Å². The lowest BCUT2D eigenvalue weighted by molar-refractivity contribution is -0.112. The summed E-state index contributed by atoms with van der Waals surface area (Å²) in [6.07, 6.45) is 6.10. The van der Waals surface area contributed by atoms with Crippen molar-refractivity contribution in [2.75, 3.05) is 31.6 Å². The summed E-state index contributed by atoms with van der Waals surface area (Å²) in [6.45, 7) is 5.93. The Kier molecular flexibility index (Phi) is 8.88. The molecule has 0 spiro atoms.